The third-order valence-corrected chi connectivity index (χ3v) is 7.72. The summed E-state index contributed by atoms with van der Waals surface area (Å²) in [6.07, 6.45) is 4.85. The van der Waals surface area contributed by atoms with Crippen LogP contribution in [0.2, 0.25) is 0 Å². The summed E-state index contributed by atoms with van der Waals surface area (Å²) in [7, 11) is 0. The van der Waals surface area contributed by atoms with E-state index in [1.807, 2.05) is 54.8 Å². The Hall–Kier alpha value is -3.79. The second kappa shape index (κ2) is 16.2. The van der Waals surface area contributed by atoms with E-state index in [4.69, 9.17) is 9.47 Å². The van der Waals surface area contributed by atoms with Crippen LogP contribution in [0.25, 0.3) is 6.08 Å². The van der Waals surface area contributed by atoms with E-state index in [2.05, 4.69) is 17.2 Å². The van der Waals surface area contributed by atoms with Gasteiger partial charge in [0, 0.05) is 12.5 Å². The minimum absolute atomic E-state index is 0.203. The van der Waals surface area contributed by atoms with Gasteiger partial charge in [0.15, 0.2) is 0 Å². The number of carbonyl (C=O) groups excluding carboxylic acids is 4. The first-order valence-electron chi connectivity index (χ1n) is 15.7. The molecular weight excluding hydrogens is 602 g/mol. The summed E-state index contributed by atoms with van der Waals surface area (Å²) in [4.78, 5) is 56.9. The number of esters is 1. The number of amides is 3. The third-order valence-electron chi connectivity index (χ3n) is 7.07. The van der Waals surface area contributed by atoms with E-state index in [0.717, 1.165) is 11.1 Å². The highest BCUT2D eigenvalue weighted by molar-refractivity contribution is 7.98. The molecule has 0 heterocycles. The van der Waals surface area contributed by atoms with E-state index in [-0.39, 0.29) is 18.4 Å². The molecular formula is C36H49N3O6S. The lowest BCUT2D eigenvalue weighted by atomic mass is 9.98. The van der Waals surface area contributed by atoms with Gasteiger partial charge in [-0.05, 0) is 95.6 Å². The van der Waals surface area contributed by atoms with Crippen LogP contribution in [0.3, 0.4) is 0 Å². The summed E-state index contributed by atoms with van der Waals surface area (Å²) >= 11 is 1.55. The number of ether oxygens (including phenoxy) is 2. The molecule has 0 radical (unpaired) electrons. The van der Waals surface area contributed by atoms with Gasteiger partial charge in [-0.25, -0.2) is 9.59 Å². The summed E-state index contributed by atoms with van der Waals surface area (Å²) in [5, 5.41) is 5.72. The molecule has 0 bridgehead atoms. The fourth-order valence-corrected chi connectivity index (χ4v) is 5.43. The Labute approximate surface area is 277 Å². The van der Waals surface area contributed by atoms with E-state index in [9.17, 15) is 19.2 Å². The van der Waals surface area contributed by atoms with E-state index < -0.39 is 47.3 Å². The fraction of sp³-hybridized carbons (Fsp3) is 0.500. The number of thioether (sulfide) groups is 1. The van der Waals surface area contributed by atoms with Crippen molar-refractivity contribution in [2.75, 3.05) is 12.0 Å². The standard InChI is InChI=1S/C36H49N3O6S/c1-9-24-16-13-17-26(22-24)30(31(40)37-29(33(42)44-35(2,3)4)23-25-14-11-10-12-15-25)39(27-18-19-27)32(41)28(20-21-46-8)38-34(43)45-36(5,6)7/h9-17,22,27-30H,1,18-21,23H2,2-8H3,(H,37,40)(H,38,43). The second-order valence-electron chi connectivity index (χ2n) is 13.5. The van der Waals surface area contributed by atoms with Gasteiger partial charge in [-0.2, -0.15) is 11.8 Å². The highest BCUT2D eigenvalue weighted by Crippen LogP contribution is 2.36. The van der Waals surface area contributed by atoms with Gasteiger partial charge in [0.25, 0.3) is 0 Å². The first-order chi connectivity index (χ1) is 21.6. The van der Waals surface area contributed by atoms with Crippen LogP contribution < -0.4 is 10.6 Å². The van der Waals surface area contributed by atoms with Gasteiger partial charge in [0.1, 0.15) is 29.3 Å². The number of alkyl carbamates (subject to hydrolysis) is 1. The average molecular weight is 652 g/mol. The molecule has 10 heteroatoms. The summed E-state index contributed by atoms with van der Waals surface area (Å²) in [6, 6.07) is 13.4. The molecule has 2 N–H and O–H groups in total. The summed E-state index contributed by atoms with van der Waals surface area (Å²) in [6.45, 7) is 14.5. The van der Waals surface area contributed by atoms with Crippen LogP contribution in [0.1, 0.15) is 83.5 Å². The van der Waals surface area contributed by atoms with Crippen LogP contribution >= 0.6 is 11.8 Å². The van der Waals surface area contributed by atoms with Crippen molar-refractivity contribution < 1.29 is 28.7 Å². The highest BCUT2D eigenvalue weighted by Gasteiger charge is 2.45. The molecule has 3 atom stereocenters. The van der Waals surface area contributed by atoms with Gasteiger partial charge in [-0.1, -0.05) is 61.2 Å². The topological polar surface area (TPSA) is 114 Å². The van der Waals surface area contributed by atoms with Crippen LogP contribution in [0, 0.1) is 0 Å². The Morgan fingerprint density at radius 2 is 1.59 bits per heavy atom. The first-order valence-corrected chi connectivity index (χ1v) is 17.1. The second-order valence-corrected chi connectivity index (χ2v) is 14.5. The molecule has 46 heavy (non-hydrogen) atoms. The first kappa shape index (κ1) is 36.7. The molecule has 3 rings (SSSR count). The van der Waals surface area contributed by atoms with Crippen molar-refractivity contribution in [2.45, 2.75) is 103 Å². The van der Waals surface area contributed by atoms with Crippen LogP contribution in [0.15, 0.2) is 61.2 Å². The van der Waals surface area contributed by atoms with Gasteiger partial charge in [0.2, 0.25) is 11.8 Å². The quantitative estimate of drug-likeness (QED) is 0.238. The molecule has 2 aromatic rings. The minimum atomic E-state index is -1.09. The predicted molar refractivity (Wildman–Crippen MR) is 183 cm³/mol. The van der Waals surface area contributed by atoms with Crippen LogP contribution in [-0.4, -0.2) is 70.1 Å². The van der Waals surface area contributed by atoms with Crippen molar-refractivity contribution in [2.24, 2.45) is 0 Å². The number of nitrogens with zero attached hydrogens (tertiary/aromatic N) is 1. The smallest absolute Gasteiger partial charge is 0.408 e. The van der Waals surface area contributed by atoms with E-state index in [1.54, 1.807) is 70.3 Å². The number of nitrogens with one attached hydrogen (secondary N) is 2. The number of carbonyl (C=O) groups is 4. The Morgan fingerprint density at radius 3 is 2.15 bits per heavy atom. The molecule has 250 valence electrons. The maximum atomic E-state index is 14.5. The molecule has 0 saturated heterocycles. The zero-order valence-corrected chi connectivity index (χ0v) is 28.9. The molecule has 0 aliphatic heterocycles. The zero-order valence-electron chi connectivity index (χ0n) is 28.1. The Kier molecular flexibility index (Phi) is 12.9. The molecule has 1 fully saturated rings. The van der Waals surface area contributed by atoms with Crippen molar-refractivity contribution in [1.29, 1.82) is 0 Å². The summed E-state index contributed by atoms with van der Waals surface area (Å²) in [5.74, 6) is -0.875. The maximum absolute atomic E-state index is 14.5. The number of benzene rings is 2. The zero-order chi connectivity index (χ0) is 34.1. The van der Waals surface area contributed by atoms with E-state index >= 15 is 0 Å². The Balaban J connectivity index is 2.05. The monoisotopic (exact) mass is 651 g/mol. The van der Waals surface area contributed by atoms with Crippen molar-refractivity contribution in [1.82, 2.24) is 15.5 Å². The molecule has 1 aliphatic rings. The van der Waals surface area contributed by atoms with Crippen molar-refractivity contribution in [3.63, 3.8) is 0 Å². The number of rotatable bonds is 14. The Morgan fingerprint density at radius 1 is 0.935 bits per heavy atom. The van der Waals surface area contributed by atoms with Gasteiger partial charge in [-0.3, -0.25) is 9.59 Å². The average Bonchev–Trinajstić information content (AvgIpc) is 3.81. The molecule has 1 aliphatic carbocycles. The van der Waals surface area contributed by atoms with Crippen molar-refractivity contribution in [3.8, 4) is 0 Å². The molecule has 9 nitrogen and oxygen atoms in total. The lowest BCUT2D eigenvalue weighted by Gasteiger charge is -2.35. The largest absolute Gasteiger partial charge is 0.458 e. The number of hydrogen-bond donors (Lipinski definition) is 2. The van der Waals surface area contributed by atoms with Crippen LogP contribution in [0.5, 0.6) is 0 Å². The number of hydrogen-bond acceptors (Lipinski definition) is 7. The van der Waals surface area contributed by atoms with E-state index in [0.29, 0.717) is 30.6 Å². The Bertz CT molecular complexity index is 1360. The fourth-order valence-electron chi connectivity index (χ4n) is 4.95. The summed E-state index contributed by atoms with van der Waals surface area (Å²) < 4.78 is 11.2. The van der Waals surface area contributed by atoms with Crippen molar-refractivity contribution in [3.05, 3.63) is 77.9 Å². The third kappa shape index (κ3) is 11.5. The van der Waals surface area contributed by atoms with Gasteiger partial charge >= 0.3 is 12.1 Å². The van der Waals surface area contributed by atoms with Crippen LogP contribution in [-0.2, 0) is 30.3 Å². The van der Waals surface area contributed by atoms with Crippen molar-refractivity contribution >= 4 is 41.7 Å². The van der Waals surface area contributed by atoms with E-state index in [1.165, 1.54) is 0 Å². The SMILES string of the molecule is C=Cc1cccc(C(C(=O)NC(Cc2ccccc2)C(=O)OC(C)(C)C)N(C(=O)C(CCSC)NC(=O)OC(C)(C)C)C2CC2)c1. The lowest BCUT2D eigenvalue weighted by Crippen LogP contribution is -2.55. The van der Waals surface area contributed by atoms with Gasteiger partial charge in [0.05, 0.1) is 0 Å². The van der Waals surface area contributed by atoms with Crippen LogP contribution in [0.4, 0.5) is 4.79 Å². The lowest BCUT2D eigenvalue weighted by molar-refractivity contribution is -0.159. The molecule has 2 aromatic carbocycles. The molecule has 1 saturated carbocycles. The minimum Gasteiger partial charge on any atom is -0.458 e. The molecule has 3 amide bonds. The molecule has 0 aromatic heterocycles. The molecule has 3 unspecified atom stereocenters. The molecule has 0 spiro atoms. The van der Waals surface area contributed by atoms with Gasteiger partial charge < -0.3 is 25.0 Å². The summed E-state index contributed by atoms with van der Waals surface area (Å²) in [5.41, 5.74) is 0.659. The predicted octanol–water partition coefficient (Wildman–Crippen LogP) is 6.08. The normalized spacial score (nSPS) is 15.1. The highest BCUT2D eigenvalue weighted by atomic mass is 32.2. The van der Waals surface area contributed by atoms with Gasteiger partial charge in [-0.15, -0.1) is 0 Å². The maximum Gasteiger partial charge on any atom is 0.408 e.